The molecular weight excluding hydrogens is 227 g/mol. The van der Waals surface area contributed by atoms with Crippen LogP contribution in [0.4, 0.5) is 4.39 Å². The van der Waals surface area contributed by atoms with Gasteiger partial charge in [0.15, 0.2) is 0 Å². The SMILES string of the molecule is CCC1CCCN(Cc2ccc(CN)cc2F)C1. The molecule has 0 radical (unpaired) electrons. The van der Waals surface area contributed by atoms with Gasteiger partial charge in [-0.3, -0.25) is 4.90 Å². The predicted octanol–water partition coefficient (Wildman–Crippen LogP) is 2.91. The molecule has 2 rings (SSSR count). The van der Waals surface area contributed by atoms with Crippen LogP contribution in [0.2, 0.25) is 0 Å². The summed E-state index contributed by atoms with van der Waals surface area (Å²) in [7, 11) is 0. The van der Waals surface area contributed by atoms with Gasteiger partial charge in [-0.05, 0) is 36.9 Å². The van der Waals surface area contributed by atoms with Crippen molar-refractivity contribution in [3.63, 3.8) is 0 Å². The molecule has 0 spiro atoms. The van der Waals surface area contributed by atoms with E-state index in [1.807, 2.05) is 12.1 Å². The van der Waals surface area contributed by atoms with Gasteiger partial charge in [0.25, 0.3) is 0 Å². The van der Waals surface area contributed by atoms with Crippen LogP contribution in [0, 0.1) is 11.7 Å². The van der Waals surface area contributed by atoms with E-state index in [9.17, 15) is 4.39 Å². The van der Waals surface area contributed by atoms with E-state index in [1.165, 1.54) is 19.3 Å². The van der Waals surface area contributed by atoms with E-state index in [1.54, 1.807) is 6.07 Å². The van der Waals surface area contributed by atoms with Crippen LogP contribution in [0.15, 0.2) is 18.2 Å². The van der Waals surface area contributed by atoms with Crippen molar-refractivity contribution < 1.29 is 4.39 Å². The lowest BCUT2D eigenvalue weighted by Crippen LogP contribution is -2.34. The highest BCUT2D eigenvalue weighted by Gasteiger charge is 2.19. The first-order valence-corrected chi connectivity index (χ1v) is 6.92. The maximum Gasteiger partial charge on any atom is 0.128 e. The van der Waals surface area contributed by atoms with Crippen LogP contribution in [0.3, 0.4) is 0 Å². The predicted molar refractivity (Wildman–Crippen MR) is 72.6 cm³/mol. The third-order valence-corrected chi connectivity index (χ3v) is 3.93. The molecule has 0 amide bonds. The Balaban J connectivity index is 2.00. The van der Waals surface area contributed by atoms with Crippen LogP contribution >= 0.6 is 0 Å². The number of halogens is 1. The topological polar surface area (TPSA) is 29.3 Å². The molecule has 1 saturated heterocycles. The molecular formula is C15H23FN2. The van der Waals surface area contributed by atoms with Crippen LogP contribution < -0.4 is 5.73 Å². The molecule has 0 aliphatic carbocycles. The summed E-state index contributed by atoms with van der Waals surface area (Å²) in [4.78, 5) is 2.37. The molecule has 1 aromatic rings. The Hall–Kier alpha value is -0.930. The molecule has 0 bridgehead atoms. The van der Waals surface area contributed by atoms with Crippen molar-refractivity contribution >= 4 is 0 Å². The molecule has 2 N–H and O–H groups in total. The molecule has 1 atom stereocenters. The maximum absolute atomic E-state index is 13.9. The van der Waals surface area contributed by atoms with Crippen molar-refractivity contribution in [2.24, 2.45) is 11.7 Å². The van der Waals surface area contributed by atoms with E-state index in [0.717, 1.165) is 36.7 Å². The molecule has 100 valence electrons. The minimum Gasteiger partial charge on any atom is -0.326 e. The summed E-state index contributed by atoms with van der Waals surface area (Å²) in [5.74, 6) is 0.668. The second kappa shape index (κ2) is 6.30. The second-order valence-corrected chi connectivity index (χ2v) is 5.28. The number of hydrogen-bond acceptors (Lipinski definition) is 2. The van der Waals surface area contributed by atoms with Crippen molar-refractivity contribution in [1.82, 2.24) is 4.90 Å². The quantitative estimate of drug-likeness (QED) is 0.890. The van der Waals surface area contributed by atoms with Crippen LogP contribution in [0.1, 0.15) is 37.3 Å². The fourth-order valence-corrected chi connectivity index (χ4v) is 2.72. The molecule has 0 saturated carbocycles. The summed E-state index contributed by atoms with van der Waals surface area (Å²) in [6, 6.07) is 5.38. The number of nitrogens with two attached hydrogens (primary N) is 1. The highest BCUT2D eigenvalue weighted by Crippen LogP contribution is 2.21. The Kier molecular flexibility index (Phi) is 4.72. The molecule has 1 aromatic carbocycles. The van der Waals surface area contributed by atoms with Crippen molar-refractivity contribution in [3.05, 3.63) is 35.1 Å². The van der Waals surface area contributed by atoms with E-state index >= 15 is 0 Å². The van der Waals surface area contributed by atoms with Gasteiger partial charge in [-0.25, -0.2) is 4.39 Å². The summed E-state index contributed by atoms with van der Waals surface area (Å²) in [5, 5.41) is 0. The number of piperidine rings is 1. The fraction of sp³-hybridized carbons (Fsp3) is 0.600. The Morgan fingerprint density at radius 1 is 1.44 bits per heavy atom. The smallest absolute Gasteiger partial charge is 0.128 e. The zero-order valence-corrected chi connectivity index (χ0v) is 11.2. The molecule has 18 heavy (non-hydrogen) atoms. The first-order valence-electron chi connectivity index (χ1n) is 6.92. The van der Waals surface area contributed by atoms with Crippen LogP contribution in [0.5, 0.6) is 0 Å². The molecule has 3 heteroatoms. The zero-order chi connectivity index (χ0) is 13.0. The fourth-order valence-electron chi connectivity index (χ4n) is 2.72. The van der Waals surface area contributed by atoms with Crippen molar-refractivity contribution in [2.75, 3.05) is 13.1 Å². The first kappa shape index (κ1) is 13.5. The van der Waals surface area contributed by atoms with E-state index in [-0.39, 0.29) is 5.82 Å². The van der Waals surface area contributed by atoms with Gasteiger partial charge in [0, 0.05) is 25.2 Å². The summed E-state index contributed by atoms with van der Waals surface area (Å²) in [6.07, 6.45) is 3.79. The van der Waals surface area contributed by atoms with Crippen LogP contribution in [-0.4, -0.2) is 18.0 Å². The van der Waals surface area contributed by atoms with E-state index < -0.39 is 0 Å². The normalized spacial score (nSPS) is 21.2. The van der Waals surface area contributed by atoms with E-state index in [0.29, 0.717) is 6.54 Å². The molecule has 1 aliphatic heterocycles. The minimum atomic E-state index is -0.114. The second-order valence-electron chi connectivity index (χ2n) is 5.28. The maximum atomic E-state index is 13.9. The molecule has 1 unspecified atom stereocenters. The summed E-state index contributed by atoms with van der Waals surface area (Å²) < 4.78 is 13.9. The average Bonchev–Trinajstić information content (AvgIpc) is 2.41. The standard InChI is InChI=1S/C15H23FN2/c1-2-12-4-3-7-18(10-12)11-14-6-5-13(9-17)8-15(14)16/h5-6,8,12H,2-4,7,9-11,17H2,1H3. The lowest BCUT2D eigenvalue weighted by atomic mass is 9.95. The van der Waals surface area contributed by atoms with E-state index in [2.05, 4.69) is 11.8 Å². The summed E-state index contributed by atoms with van der Waals surface area (Å²) in [6.45, 7) is 5.57. The Labute approximate surface area is 109 Å². The number of hydrogen-bond donors (Lipinski definition) is 1. The molecule has 1 aliphatic rings. The number of likely N-dealkylation sites (tertiary alicyclic amines) is 1. The van der Waals surface area contributed by atoms with Gasteiger partial charge in [-0.2, -0.15) is 0 Å². The third kappa shape index (κ3) is 3.30. The average molecular weight is 250 g/mol. The van der Waals surface area contributed by atoms with Crippen molar-refractivity contribution in [3.8, 4) is 0 Å². The lowest BCUT2D eigenvalue weighted by molar-refractivity contribution is 0.163. The number of benzene rings is 1. The Morgan fingerprint density at radius 3 is 2.94 bits per heavy atom. The molecule has 0 aromatic heterocycles. The van der Waals surface area contributed by atoms with Gasteiger partial charge in [0.2, 0.25) is 0 Å². The van der Waals surface area contributed by atoms with Gasteiger partial charge in [0.05, 0.1) is 0 Å². The van der Waals surface area contributed by atoms with Gasteiger partial charge in [-0.1, -0.05) is 25.5 Å². The van der Waals surface area contributed by atoms with Gasteiger partial charge in [-0.15, -0.1) is 0 Å². The molecule has 1 heterocycles. The lowest BCUT2D eigenvalue weighted by Gasteiger charge is -2.32. The minimum absolute atomic E-state index is 0.114. The number of rotatable bonds is 4. The van der Waals surface area contributed by atoms with Crippen molar-refractivity contribution in [2.45, 2.75) is 39.3 Å². The molecule has 1 fully saturated rings. The highest BCUT2D eigenvalue weighted by molar-refractivity contribution is 5.24. The van der Waals surface area contributed by atoms with Crippen LogP contribution in [0.25, 0.3) is 0 Å². The first-order chi connectivity index (χ1) is 8.72. The summed E-state index contributed by atoms with van der Waals surface area (Å²) in [5.41, 5.74) is 7.17. The monoisotopic (exact) mass is 250 g/mol. The van der Waals surface area contributed by atoms with Gasteiger partial charge >= 0.3 is 0 Å². The molecule has 2 nitrogen and oxygen atoms in total. The largest absolute Gasteiger partial charge is 0.326 e. The van der Waals surface area contributed by atoms with Crippen molar-refractivity contribution in [1.29, 1.82) is 0 Å². The van der Waals surface area contributed by atoms with Gasteiger partial charge < -0.3 is 5.73 Å². The number of nitrogens with zero attached hydrogens (tertiary/aromatic N) is 1. The highest BCUT2D eigenvalue weighted by atomic mass is 19.1. The van der Waals surface area contributed by atoms with E-state index in [4.69, 9.17) is 5.73 Å². The Morgan fingerprint density at radius 2 is 2.28 bits per heavy atom. The zero-order valence-electron chi connectivity index (χ0n) is 11.2. The third-order valence-electron chi connectivity index (χ3n) is 3.93. The summed E-state index contributed by atoms with van der Waals surface area (Å²) >= 11 is 0. The Bertz CT molecular complexity index is 392. The van der Waals surface area contributed by atoms with Crippen LogP contribution in [-0.2, 0) is 13.1 Å². The van der Waals surface area contributed by atoms with Gasteiger partial charge in [0.1, 0.15) is 5.82 Å².